The van der Waals surface area contributed by atoms with E-state index in [9.17, 15) is 5.11 Å². The fourth-order valence-corrected chi connectivity index (χ4v) is 4.48. The molecule has 0 saturated carbocycles. The monoisotopic (exact) mass is 532 g/mol. The number of benzene rings is 2. The van der Waals surface area contributed by atoms with Crippen LogP contribution < -0.4 is 0 Å². The van der Waals surface area contributed by atoms with Crippen molar-refractivity contribution in [2.45, 2.75) is 65.4 Å². The Morgan fingerprint density at radius 3 is 2.29 bits per heavy atom. The zero-order chi connectivity index (χ0) is 26.6. The molecule has 2 aromatic carbocycles. The molecule has 0 aliphatic carbocycles. The molecule has 1 heterocycles. The van der Waals surface area contributed by atoms with Gasteiger partial charge in [0.05, 0.1) is 16.4 Å². The second-order valence-corrected chi connectivity index (χ2v) is 10.6. The van der Waals surface area contributed by atoms with Crippen LogP contribution in [0.1, 0.15) is 64.9 Å². The van der Waals surface area contributed by atoms with Crippen molar-refractivity contribution in [3.8, 4) is 5.69 Å². The molecule has 6 heteroatoms. The molecule has 0 radical (unpaired) electrons. The van der Waals surface area contributed by atoms with E-state index >= 15 is 0 Å². The first kappa shape index (κ1) is 31.4. The van der Waals surface area contributed by atoms with Crippen LogP contribution >= 0.6 is 35.1 Å². The zero-order valence-corrected chi connectivity index (χ0v) is 25.0. The van der Waals surface area contributed by atoms with E-state index in [0.717, 1.165) is 11.4 Å². The third-order valence-corrected chi connectivity index (χ3v) is 7.11. The van der Waals surface area contributed by atoms with Gasteiger partial charge < -0.3 is 5.11 Å². The van der Waals surface area contributed by atoms with Gasteiger partial charge in [0.2, 0.25) is 0 Å². The molecule has 3 rings (SSSR count). The number of aromatic nitrogens is 2. The molecule has 3 nitrogen and oxygen atoms in total. The number of halogens is 1. The van der Waals surface area contributed by atoms with Gasteiger partial charge in [0.15, 0.2) is 0 Å². The minimum Gasteiger partial charge on any atom is -0.384 e. The molecule has 0 bridgehead atoms. The Labute approximate surface area is 226 Å². The summed E-state index contributed by atoms with van der Waals surface area (Å²) in [6.45, 7) is 13.9. The Bertz CT molecular complexity index is 1070. The van der Waals surface area contributed by atoms with Crippen LogP contribution in [-0.2, 0) is 5.60 Å². The van der Waals surface area contributed by atoms with Gasteiger partial charge in [-0.3, -0.25) is 0 Å². The van der Waals surface area contributed by atoms with E-state index in [1.165, 1.54) is 21.8 Å². The molecule has 192 valence electrons. The maximum atomic E-state index is 9.93. The lowest BCUT2D eigenvalue weighted by atomic mass is 10.1. The molecule has 1 atom stereocenters. The number of nitrogens with zero attached hydrogens (tertiary/aromatic N) is 2. The second-order valence-electron chi connectivity index (χ2n) is 8.45. The maximum absolute atomic E-state index is 9.93. The summed E-state index contributed by atoms with van der Waals surface area (Å²) < 4.78 is 1.75. The van der Waals surface area contributed by atoms with Crippen molar-refractivity contribution in [1.29, 1.82) is 0 Å². The lowest BCUT2D eigenvalue weighted by Gasteiger charge is -2.13. The molecule has 1 unspecified atom stereocenters. The van der Waals surface area contributed by atoms with E-state index in [4.69, 9.17) is 11.6 Å². The van der Waals surface area contributed by atoms with Crippen LogP contribution in [-0.4, -0.2) is 27.4 Å². The maximum Gasteiger partial charge on any atom is 0.103 e. The average Bonchev–Trinajstić information content (AvgIpc) is 3.26. The van der Waals surface area contributed by atoms with Gasteiger partial charge in [0.1, 0.15) is 5.60 Å². The van der Waals surface area contributed by atoms with E-state index in [1.54, 1.807) is 30.3 Å². The Morgan fingerprint density at radius 2 is 1.77 bits per heavy atom. The number of aliphatic hydroxyl groups is 1. The van der Waals surface area contributed by atoms with Crippen molar-refractivity contribution in [1.82, 2.24) is 9.78 Å². The van der Waals surface area contributed by atoms with Crippen molar-refractivity contribution >= 4 is 40.0 Å². The summed E-state index contributed by atoms with van der Waals surface area (Å²) in [4.78, 5) is 2.73. The quantitative estimate of drug-likeness (QED) is 0.308. The number of aryl methyl sites for hydroxylation is 1. The van der Waals surface area contributed by atoms with Gasteiger partial charge in [-0.1, -0.05) is 76.1 Å². The van der Waals surface area contributed by atoms with Crippen LogP contribution in [0, 0.1) is 12.8 Å². The Morgan fingerprint density at radius 1 is 1.11 bits per heavy atom. The predicted octanol–water partition coefficient (Wildman–Crippen LogP) is 9.25. The van der Waals surface area contributed by atoms with Crippen LogP contribution in [0.4, 0.5) is 0 Å². The summed E-state index contributed by atoms with van der Waals surface area (Å²) in [5.41, 5.74) is 2.80. The van der Waals surface area contributed by atoms with Crippen LogP contribution in [0.5, 0.6) is 0 Å². The topological polar surface area (TPSA) is 38.1 Å². The lowest BCUT2D eigenvalue weighted by molar-refractivity contribution is 0.0734. The van der Waals surface area contributed by atoms with Crippen molar-refractivity contribution < 1.29 is 5.11 Å². The predicted molar refractivity (Wildman–Crippen MR) is 159 cm³/mol. The first-order chi connectivity index (χ1) is 16.6. The van der Waals surface area contributed by atoms with Crippen LogP contribution in [0.15, 0.2) is 65.6 Å². The average molecular weight is 533 g/mol. The van der Waals surface area contributed by atoms with E-state index in [0.29, 0.717) is 16.6 Å². The lowest BCUT2D eigenvalue weighted by Crippen LogP contribution is -2.16. The van der Waals surface area contributed by atoms with Gasteiger partial charge in [0, 0.05) is 15.5 Å². The van der Waals surface area contributed by atoms with Crippen molar-refractivity contribution in [2.75, 3.05) is 12.5 Å². The molecule has 3 aromatic rings. The molecule has 0 aliphatic heterocycles. The molecule has 0 aliphatic rings. The molecule has 0 spiro atoms. The third kappa shape index (κ3) is 9.72. The number of hydrogen-bond acceptors (Lipinski definition) is 4. The zero-order valence-electron chi connectivity index (χ0n) is 22.6. The summed E-state index contributed by atoms with van der Waals surface area (Å²) in [5, 5.41) is 15.0. The highest BCUT2D eigenvalue weighted by Gasteiger charge is 2.21. The first-order valence-corrected chi connectivity index (χ1v) is 14.9. The number of thioether (sulfide) groups is 2. The van der Waals surface area contributed by atoms with Gasteiger partial charge in [0.25, 0.3) is 0 Å². The van der Waals surface area contributed by atoms with E-state index in [2.05, 4.69) is 61.8 Å². The van der Waals surface area contributed by atoms with Crippen molar-refractivity contribution in [2.24, 2.45) is 5.92 Å². The van der Waals surface area contributed by atoms with E-state index in [1.807, 2.05) is 62.9 Å². The highest BCUT2D eigenvalue weighted by Crippen LogP contribution is 2.30. The molecule has 35 heavy (non-hydrogen) atoms. The SMILES string of the molecule is CC.CCC(C)/C=C(\SC)c1cccc(SC)c1.Cc1cc(C(C)(C)O)nn1-c1ccccc1Cl. The van der Waals surface area contributed by atoms with Gasteiger partial charge in [-0.05, 0) is 75.1 Å². The van der Waals surface area contributed by atoms with Crippen molar-refractivity contribution in [3.63, 3.8) is 0 Å². The highest BCUT2D eigenvalue weighted by molar-refractivity contribution is 8.07. The minimum absolute atomic E-state index is 0.634. The van der Waals surface area contributed by atoms with Gasteiger partial charge in [-0.2, -0.15) is 5.10 Å². The fraction of sp³-hybridized carbons (Fsp3) is 0.414. The normalized spacial score (nSPS) is 12.3. The summed E-state index contributed by atoms with van der Waals surface area (Å²) in [6, 6.07) is 18.1. The van der Waals surface area contributed by atoms with Crippen molar-refractivity contribution in [3.05, 3.63) is 82.6 Å². The second kappa shape index (κ2) is 15.5. The number of para-hydroxylation sites is 1. The molecule has 0 amide bonds. The van der Waals surface area contributed by atoms with Crippen LogP contribution in [0.25, 0.3) is 10.6 Å². The highest BCUT2D eigenvalue weighted by atomic mass is 35.5. The van der Waals surface area contributed by atoms with Gasteiger partial charge in [-0.25, -0.2) is 4.68 Å². The third-order valence-electron chi connectivity index (χ3n) is 5.25. The molecular formula is C29H41ClN2OS2. The molecule has 1 aromatic heterocycles. The number of hydrogen-bond donors (Lipinski definition) is 1. The van der Waals surface area contributed by atoms with Crippen LogP contribution in [0.3, 0.4) is 0 Å². The van der Waals surface area contributed by atoms with Crippen LogP contribution in [0.2, 0.25) is 5.02 Å². The Balaban J connectivity index is 0.000000328. The Kier molecular flexibility index (Phi) is 13.8. The standard InChI is InChI=1S/C14H20S2.C13H15ClN2O.C2H6/c1-5-11(2)9-14(16-4)12-7-6-8-13(10-12)15-3;1-9-8-12(13(2,3)17)15-16(9)11-7-5-4-6-10(11)14;1-2/h6-11H,5H2,1-4H3;4-8,17H,1-3H3;1-2H3/b14-9-;;. The number of rotatable bonds is 7. The molecule has 0 saturated heterocycles. The number of allylic oxidation sites excluding steroid dienone is 1. The molecular weight excluding hydrogens is 492 g/mol. The van der Waals surface area contributed by atoms with Gasteiger partial charge >= 0.3 is 0 Å². The summed E-state index contributed by atoms with van der Waals surface area (Å²) >= 11 is 9.77. The molecule has 0 fully saturated rings. The smallest absolute Gasteiger partial charge is 0.103 e. The Hall–Kier alpha value is -1.66. The summed E-state index contributed by atoms with van der Waals surface area (Å²) in [5.74, 6) is 0.653. The van der Waals surface area contributed by atoms with E-state index < -0.39 is 5.60 Å². The van der Waals surface area contributed by atoms with Gasteiger partial charge in [-0.15, -0.1) is 23.5 Å². The largest absolute Gasteiger partial charge is 0.384 e. The molecule has 1 N–H and O–H groups in total. The fourth-order valence-electron chi connectivity index (χ4n) is 3.08. The van der Waals surface area contributed by atoms with E-state index in [-0.39, 0.29) is 0 Å². The summed E-state index contributed by atoms with van der Waals surface area (Å²) in [7, 11) is 0. The minimum atomic E-state index is -0.947. The first-order valence-electron chi connectivity index (χ1n) is 12.0. The summed E-state index contributed by atoms with van der Waals surface area (Å²) in [6.07, 6.45) is 7.85.